The molecule has 4 rings (SSSR count). The first kappa shape index (κ1) is 19.2. The van der Waals surface area contributed by atoms with Crippen molar-refractivity contribution in [3.63, 3.8) is 0 Å². The summed E-state index contributed by atoms with van der Waals surface area (Å²) in [5, 5.41) is 11.9. The lowest BCUT2D eigenvalue weighted by atomic mass is 10.1. The molecule has 0 atom stereocenters. The second kappa shape index (κ2) is 7.03. The number of benzene rings is 2. The summed E-state index contributed by atoms with van der Waals surface area (Å²) in [5.41, 5.74) is -2.34. The lowest BCUT2D eigenvalue weighted by molar-refractivity contribution is -0.137. The first-order valence-electron chi connectivity index (χ1n) is 8.41. The van der Waals surface area contributed by atoms with E-state index in [9.17, 15) is 27.9 Å². The molecule has 0 aliphatic heterocycles. The summed E-state index contributed by atoms with van der Waals surface area (Å²) in [6, 6.07) is 10.3. The van der Waals surface area contributed by atoms with E-state index < -0.39 is 23.1 Å². The Morgan fingerprint density at radius 1 is 1.10 bits per heavy atom. The predicted octanol–water partition coefficient (Wildman–Crippen LogP) is 2.98. The van der Waals surface area contributed by atoms with Crippen molar-refractivity contribution in [3.8, 4) is 22.8 Å². The maximum atomic E-state index is 13.5. The van der Waals surface area contributed by atoms with Crippen LogP contribution < -0.4 is 11.0 Å². The Morgan fingerprint density at radius 2 is 1.87 bits per heavy atom. The fourth-order valence-corrected chi connectivity index (χ4v) is 3.03. The van der Waals surface area contributed by atoms with Crippen molar-refractivity contribution >= 4 is 23.4 Å². The van der Waals surface area contributed by atoms with E-state index in [1.807, 2.05) is 0 Å². The van der Waals surface area contributed by atoms with Crippen molar-refractivity contribution in [2.75, 3.05) is 5.32 Å². The van der Waals surface area contributed by atoms with Crippen molar-refractivity contribution in [3.05, 3.63) is 64.6 Å². The SMILES string of the molecule is O=[C]Nc1nc(-c2cccc(O)c2)nc2c1[nH]c(=O)n2-c1ccccc1C(F)(F)F. The zero-order chi connectivity index (χ0) is 21.5. The molecule has 0 spiro atoms. The number of rotatable bonds is 4. The lowest BCUT2D eigenvalue weighted by Gasteiger charge is -2.13. The van der Waals surface area contributed by atoms with Crippen LogP contribution in [0, 0.1) is 0 Å². The summed E-state index contributed by atoms with van der Waals surface area (Å²) in [6.07, 6.45) is -3.30. The molecule has 30 heavy (non-hydrogen) atoms. The number of amides is 1. The predicted molar refractivity (Wildman–Crippen MR) is 101 cm³/mol. The van der Waals surface area contributed by atoms with E-state index in [0.29, 0.717) is 5.56 Å². The van der Waals surface area contributed by atoms with Gasteiger partial charge in [0.15, 0.2) is 17.3 Å². The van der Waals surface area contributed by atoms with Crippen LogP contribution in [0.1, 0.15) is 5.56 Å². The minimum absolute atomic E-state index is 0.0339. The summed E-state index contributed by atoms with van der Waals surface area (Å²) in [5.74, 6) is -0.288. The molecule has 0 unspecified atom stereocenters. The molecule has 0 fully saturated rings. The number of aromatic hydroxyl groups is 1. The van der Waals surface area contributed by atoms with Gasteiger partial charge in [0.05, 0.1) is 11.3 Å². The van der Waals surface area contributed by atoms with Crippen LogP contribution in [0.15, 0.2) is 53.3 Å². The number of phenolic OH excluding ortho intramolecular Hbond substituents is 1. The topological polar surface area (TPSA) is 113 Å². The zero-order valence-electron chi connectivity index (χ0n) is 14.9. The van der Waals surface area contributed by atoms with Gasteiger partial charge in [0, 0.05) is 5.56 Å². The number of alkyl halides is 3. The zero-order valence-corrected chi connectivity index (χ0v) is 14.9. The molecule has 11 heteroatoms. The average molecular weight is 414 g/mol. The molecule has 2 heterocycles. The van der Waals surface area contributed by atoms with E-state index in [0.717, 1.165) is 16.7 Å². The number of nitrogens with one attached hydrogen (secondary N) is 2. The third kappa shape index (κ3) is 3.26. The standard InChI is InChI=1S/C19H11F3N5O3/c20-19(21,22)12-6-1-2-7-13(12)27-17-14(24-18(27)30)16(23-9-28)25-15(26-17)10-4-3-5-11(29)8-10/h1-8,29H,(H,24,30)(H,23,25,26,28). The van der Waals surface area contributed by atoms with E-state index in [1.54, 1.807) is 6.07 Å². The number of aromatic nitrogens is 4. The van der Waals surface area contributed by atoms with Gasteiger partial charge in [0.25, 0.3) is 0 Å². The number of fused-ring (bicyclic) bond motifs is 1. The Morgan fingerprint density at radius 3 is 2.57 bits per heavy atom. The maximum Gasteiger partial charge on any atom is 0.418 e. The van der Waals surface area contributed by atoms with E-state index in [4.69, 9.17) is 0 Å². The van der Waals surface area contributed by atoms with Crippen LogP contribution in [-0.2, 0) is 11.0 Å². The number of carbonyl (C=O) groups excluding carboxylic acids is 1. The van der Waals surface area contributed by atoms with Crippen molar-refractivity contribution in [2.45, 2.75) is 6.18 Å². The Kier molecular flexibility index (Phi) is 4.49. The minimum atomic E-state index is -4.72. The van der Waals surface area contributed by atoms with Gasteiger partial charge < -0.3 is 15.4 Å². The van der Waals surface area contributed by atoms with E-state index in [1.165, 1.54) is 36.7 Å². The molecule has 0 saturated heterocycles. The highest BCUT2D eigenvalue weighted by Gasteiger charge is 2.34. The highest BCUT2D eigenvalue weighted by molar-refractivity contribution is 5.91. The van der Waals surface area contributed by atoms with Crippen LogP contribution in [0.25, 0.3) is 28.2 Å². The molecule has 2 aromatic heterocycles. The number of aromatic amines is 1. The number of nitrogens with zero attached hydrogens (tertiary/aromatic N) is 3. The summed E-state index contributed by atoms with van der Waals surface area (Å²) in [4.78, 5) is 34.2. The summed E-state index contributed by atoms with van der Waals surface area (Å²) >= 11 is 0. The van der Waals surface area contributed by atoms with Gasteiger partial charge >= 0.3 is 18.3 Å². The number of imidazole rings is 1. The van der Waals surface area contributed by atoms with Crippen molar-refractivity contribution < 1.29 is 23.1 Å². The van der Waals surface area contributed by atoms with Crippen LogP contribution in [0.2, 0.25) is 0 Å². The summed E-state index contributed by atoms with van der Waals surface area (Å²) in [7, 11) is 0. The van der Waals surface area contributed by atoms with Crippen molar-refractivity contribution in [1.29, 1.82) is 0 Å². The summed E-state index contributed by atoms with van der Waals surface area (Å²) < 4.78 is 41.3. The van der Waals surface area contributed by atoms with E-state index >= 15 is 0 Å². The number of para-hydroxylation sites is 1. The van der Waals surface area contributed by atoms with Gasteiger partial charge in [-0.3, -0.25) is 4.79 Å². The van der Waals surface area contributed by atoms with Gasteiger partial charge in [-0.15, -0.1) is 0 Å². The monoisotopic (exact) mass is 414 g/mol. The van der Waals surface area contributed by atoms with Crippen LogP contribution in [0.5, 0.6) is 5.75 Å². The Labute approximate surface area is 165 Å². The molecule has 0 bridgehead atoms. The molecule has 2 aromatic carbocycles. The van der Waals surface area contributed by atoms with Crippen LogP contribution >= 0.6 is 0 Å². The Balaban J connectivity index is 2.07. The smallest absolute Gasteiger partial charge is 0.418 e. The largest absolute Gasteiger partial charge is 0.508 e. The normalized spacial score (nSPS) is 11.6. The number of phenols is 1. The average Bonchev–Trinajstić information content (AvgIpc) is 3.03. The highest BCUT2D eigenvalue weighted by Crippen LogP contribution is 2.34. The van der Waals surface area contributed by atoms with Gasteiger partial charge in [-0.2, -0.15) is 13.2 Å². The molecule has 0 saturated carbocycles. The third-order valence-electron chi connectivity index (χ3n) is 4.26. The van der Waals surface area contributed by atoms with Crippen molar-refractivity contribution in [2.24, 2.45) is 0 Å². The fraction of sp³-hybridized carbons (Fsp3) is 0.0526. The number of H-pyrrole nitrogens is 1. The highest BCUT2D eigenvalue weighted by atomic mass is 19.4. The molecule has 0 aliphatic rings. The second-order valence-corrected chi connectivity index (χ2v) is 6.15. The Bertz CT molecular complexity index is 1330. The quantitative estimate of drug-likeness (QED) is 0.445. The van der Waals surface area contributed by atoms with Gasteiger partial charge in [-0.25, -0.2) is 19.3 Å². The van der Waals surface area contributed by atoms with Crippen molar-refractivity contribution in [1.82, 2.24) is 19.5 Å². The molecule has 8 nitrogen and oxygen atoms in total. The maximum absolute atomic E-state index is 13.5. The Hall–Kier alpha value is -4.15. The molecular formula is C19H11F3N5O3. The number of hydrogen-bond donors (Lipinski definition) is 3. The molecule has 1 amide bonds. The van der Waals surface area contributed by atoms with E-state index in [2.05, 4.69) is 20.3 Å². The summed E-state index contributed by atoms with van der Waals surface area (Å²) in [6.45, 7) is 0. The number of anilines is 1. The van der Waals surface area contributed by atoms with Gasteiger partial charge in [-0.1, -0.05) is 24.3 Å². The van der Waals surface area contributed by atoms with Gasteiger partial charge in [0.1, 0.15) is 11.3 Å². The van der Waals surface area contributed by atoms with Crippen LogP contribution in [0.4, 0.5) is 19.0 Å². The first-order chi connectivity index (χ1) is 14.3. The lowest BCUT2D eigenvalue weighted by Crippen LogP contribution is -2.19. The fourth-order valence-electron chi connectivity index (χ4n) is 3.03. The molecule has 3 N–H and O–H groups in total. The molecule has 4 aromatic rings. The molecular weight excluding hydrogens is 403 g/mol. The number of hydrogen-bond acceptors (Lipinski definition) is 5. The van der Waals surface area contributed by atoms with Crippen LogP contribution in [-0.4, -0.2) is 31.0 Å². The van der Waals surface area contributed by atoms with Gasteiger partial charge in [-0.05, 0) is 24.3 Å². The molecule has 0 aliphatic carbocycles. The molecule has 151 valence electrons. The van der Waals surface area contributed by atoms with Gasteiger partial charge in [0.2, 0.25) is 0 Å². The van der Waals surface area contributed by atoms with Crippen LogP contribution in [0.3, 0.4) is 0 Å². The van der Waals surface area contributed by atoms with E-state index in [-0.39, 0.29) is 28.6 Å². The molecule has 1 radical (unpaired) electrons. The number of halogens is 3. The third-order valence-corrected chi connectivity index (χ3v) is 4.26. The first-order valence-corrected chi connectivity index (χ1v) is 8.41. The second-order valence-electron chi connectivity index (χ2n) is 6.15. The minimum Gasteiger partial charge on any atom is -0.508 e.